The predicted molar refractivity (Wildman–Crippen MR) is 117 cm³/mol. The molecule has 152 valence electrons. The van der Waals surface area contributed by atoms with E-state index in [1.165, 1.54) is 5.56 Å². The minimum Gasteiger partial charge on any atom is -0.483 e. The molecule has 30 heavy (non-hydrogen) atoms. The number of carbonyl (C=O) groups excluding carboxylic acids is 2. The molecule has 0 aromatic heterocycles. The molecule has 0 unspecified atom stereocenters. The van der Waals surface area contributed by atoms with Gasteiger partial charge in [0, 0.05) is 12.2 Å². The number of amides is 2. The summed E-state index contributed by atoms with van der Waals surface area (Å²) >= 11 is 0. The number of nitrogens with zero attached hydrogens (tertiary/aromatic N) is 1. The number of nitrogens with one attached hydrogen (secondary N) is 1. The number of para-hydroxylation sites is 2. The first-order chi connectivity index (χ1) is 14.6. The summed E-state index contributed by atoms with van der Waals surface area (Å²) in [5.41, 5.74) is 3.54. The van der Waals surface area contributed by atoms with Gasteiger partial charge in [-0.2, -0.15) is 0 Å². The summed E-state index contributed by atoms with van der Waals surface area (Å²) in [6.45, 7) is 2.47. The zero-order valence-electron chi connectivity index (χ0n) is 16.9. The molecule has 1 atom stereocenters. The maximum absolute atomic E-state index is 12.8. The van der Waals surface area contributed by atoms with Crippen LogP contribution in [0.25, 0.3) is 0 Å². The van der Waals surface area contributed by atoms with Gasteiger partial charge in [0.15, 0.2) is 6.61 Å². The molecule has 0 fully saturated rings. The van der Waals surface area contributed by atoms with Crippen molar-refractivity contribution in [2.45, 2.75) is 19.4 Å². The lowest BCUT2D eigenvalue weighted by atomic mass is 10.1. The third-order valence-electron chi connectivity index (χ3n) is 5.32. The van der Waals surface area contributed by atoms with E-state index in [1.807, 2.05) is 61.5 Å². The van der Waals surface area contributed by atoms with Crippen LogP contribution in [0.1, 0.15) is 34.5 Å². The van der Waals surface area contributed by atoms with Crippen LogP contribution in [0, 0.1) is 0 Å². The van der Waals surface area contributed by atoms with Crippen molar-refractivity contribution < 1.29 is 14.3 Å². The van der Waals surface area contributed by atoms with Crippen LogP contribution in [0.15, 0.2) is 78.9 Å². The molecule has 0 saturated carbocycles. The summed E-state index contributed by atoms with van der Waals surface area (Å²) in [5.74, 6) is 0.0461. The Balaban J connectivity index is 1.42. The van der Waals surface area contributed by atoms with E-state index in [9.17, 15) is 9.59 Å². The Morgan fingerprint density at radius 3 is 2.50 bits per heavy atom. The van der Waals surface area contributed by atoms with Crippen molar-refractivity contribution in [1.29, 1.82) is 0 Å². The third kappa shape index (κ3) is 4.20. The van der Waals surface area contributed by atoms with E-state index in [4.69, 9.17) is 4.74 Å². The van der Waals surface area contributed by atoms with Crippen molar-refractivity contribution in [3.8, 4) is 5.75 Å². The molecule has 0 spiro atoms. The lowest BCUT2D eigenvalue weighted by Crippen LogP contribution is -2.33. The monoisotopic (exact) mass is 400 g/mol. The molecule has 5 heteroatoms. The number of hydrogen-bond acceptors (Lipinski definition) is 3. The number of ether oxygens (including phenoxy) is 1. The Bertz CT molecular complexity index is 1050. The normalized spacial score (nSPS) is 13.4. The predicted octanol–water partition coefficient (Wildman–Crippen LogP) is 4.15. The van der Waals surface area contributed by atoms with E-state index < -0.39 is 0 Å². The maximum atomic E-state index is 12.8. The molecule has 0 saturated heterocycles. The summed E-state index contributed by atoms with van der Waals surface area (Å²) in [7, 11) is 0. The average Bonchev–Trinajstić information content (AvgIpc) is 3.22. The molecule has 1 heterocycles. The van der Waals surface area contributed by atoms with Crippen molar-refractivity contribution in [1.82, 2.24) is 5.32 Å². The molecule has 0 bridgehead atoms. The second-order valence-electron chi connectivity index (χ2n) is 7.31. The van der Waals surface area contributed by atoms with E-state index in [0.717, 1.165) is 17.7 Å². The van der Waals surface area contributed by atoms with Crippen molar-refractivity contribution in [2.24, 2.45) is 0 Å². The first-order valence-corrected chi connectivity index (χ1v) is 10.1. The minimum absolute atomic E-state index is 0.118. The highest BCUT2D eigenvalue weighted by Gasteiger charge is 2.25. The molecule has 3 aromatic rings. The molecular weight excluding hydrogens is 376 g/mol. The van der Waals surface area contributed by atoms with Crippen LogP contribution < -0.4 is 15.0 Å². The largest absolute Gasteiger partial charge is 0.483 e. The Morgan fingerprint density at radius 1 is 0.967 bits per heavy atom. The quantitative estimate of drug-likeness (QED) is 0.676. The van der Waals surface area contributed by atoms with Gasteiger partial charge in [0.1, 0.15) is 5.75 Å². The average molecular weight is 400 g/mol. The topological polar surface area (TPSA) is 58.6 Å². The molecule has 2 amide bonds. The number of hydrogen-bond donors (Lipinski definition) is 1. The van der Waals surface area contributed by atoms with Crippen LogP contribution in [-0.4, -0.2) is 25.0 Å². The Labute approximate surface area is 176 Å². The van der Waals surface area contributed by atoms with Crippen molar-refractivity contribution in [3.05, 3.63) is 95.6 Å². The number of rotatable bonds is 6. The SMILES string of the molecule is C[C@@H](NC(=O)c1ccccc1OCC(=O)N1CCc2ccccc21)c1ccccc1. The van der Waals surface area contributed by atoms with Gasteiger partial charge in [0.2, 0.25) is 0 Å². The van der Waals surface area contributed by atoms with Gasteiger partial charge in [-0.25, -0.2) is 0 Å². The second-order valence-corrected chi connectivity index (χ2v) is 7.31. The summed E-state index contributed by atoms with van der Waals surface area (Å²) < 4.78 is 5.78. The molecule has 1 aliphatic heterocycles. The number of benzene rings is 3. The van der Waals surface area contributed by atoms with E-state index in [2.05, 4.69) is 5.32 Å². The van der Waals surface area contributed by atoms with Crippen LogP contribution in [0.3, 0.4) is 0 Å². The Hall–Kier alpha value is -3.60. The van der Waals surface area contributed by atoms with Gasteiger partial charge in [-0.15, -0.1) is 0 Å². The van der Waals surface area contributed by atoms with Crippen LogP contribution in [0.5, 0.6) is 5.75 Å². The standard InChI is InChI=1S/C25H24N2O3/c1-18(19-9-3-2-4-10-19)26-25(29)21-12-6-8-14-23(21)30-17-24(28)27-16-15-20-11-5-7-13-22(20)27/h2-14,18H,15-17H2,1H3,(H,26,29)/t18-/m1/s1. The van der Waals surface area contributed by atoms with Crippen LogP contribution in [0.2, 0.25) is 0 Å². The van der Waals surface area contributed by atoms with Crippen LogP contribution in [0.4, 0.5) is 5.69 Å². The van der Waals surface area contributed by atoms with E-state index >= 15 is 0 Å². The van der Waals surface area contributed by atoms with E-state index in [0.29, 0.717) is 17.9 Å². The van der Waals surface area contributed by atoms with Gasteiger partial charge >= 0.3 is 0 Å². The fraction of sp³-hybridized carbons (Fsp3) is 0.200. The van der Waals surface area contributed by atoms with Crippen LogP contribution >= 0.6 is 0 Å². The molecule has 4 rings (SSSR count). The third-order valence-corrected chi connectivity index (χ3v) is 5.32. The van der Waals surface area contributed by atoms with Gasteiger partial charge in [0.05, 0.1) is 11.6 Å². The first-order valence-electron chi connectivity index (χ1n) is 10.1. The van der Waals surface area contributed by atoms with Crippen LogP contribution in [-0.2, 0) is 11.2 Å². The van der Waals surface area contributed by atoms with Gasteiger partial charge in [0.25, 0.3) is 11.8 Å². The first kappa shape index (κ1) is 19.7. The fourth-order valence-corrected chi connectivity index (χ4v) is 3.69. The van der Waals surface area contributed by atoms with Gasteiger partial charge in [-0.1, -0.05) is 60.7 Å². The number of carbonyl (C=O) groups is 2. The van der Waals surface area contributed by atoms with E-state index in [-0.39, 0.29) is 24.5 Å². The lowest BCUT2D eigenvalue weighted by molar-refractivity contribution is -0.120. The molecular formula is C25H24N2O3. The van der Waals surface area contributed by atoms with Gasteiger partial charge in [-0.3, -0.25) is 9.59 Å². The number of anilines is 1. The fourth-order valence-electron chi connectivity index (χ4n) is 3.69. The minimum atomic E-state index is -0.235. The lowest BCUT2D eigenvalue weighted by Gasteiger charge is -2.19. The highest BCUT2D eigenvalue weighted by atomic mass is 16.5. The van der Waals surface area contributed by atoms with Crippen molar-refractivity contribution >= 4 is 17.5 Å². The number of fused-ring (bicyclic) bond motifs is 1. The Kier molecular flexibility index (Phi) is 5.80. The highest BCUT2D eigenvalue weighted by molar-refractivity contribution is 5.98. The Morgan fingerprint density at radius 2 is 1.67 bits per heavy atom. The summed E-state index contributed by atoms with van der Waals surface area (Å²) in [5, 5.41) is 2.99. The maximum Gasteiger partial charge on any atom is 0.264 e. The zero-order valence-corrected chi connectivity index (χ0v) is 16.9. The highest BCUT2D eigenvalue weighted by Crippen LogP contribution is 2.28. The van der Waals surface area contributed by atoms with E-state index in [1.54, 1.807) is 29.2 Å². The second kappa shape index (κ2) is 8.82. The molecule has 1 N–H and O–H groups in total. The molecule has 0 aliphatic carbocycles. The zero-order chi connectivity index (χ0) is 20.9. The molecule has 5 nitrogen and oxygen atoms in total. The summed E-state index contributed by atoms with van der Waals surface area (Å²) in [6.07, 6.45) is 0.846. The van der Waals surface area contributed by atoms with Gasteiger partial charge < -0.3 is 15.0 Å². The summed E-state index contributed by atoms with van der Waals surface area (Å²) in [4.78, 5) is 27.3. The smallest absolute Gasteiger partial charge is 0.264 e. The van der Waals surface area contributed by atoms with Crippen molar-refractivity contribution in [2.75, 3.05) is 18.1 Å². The van der Waals surface area contributed by atoms with Gasteiger partial charge in [-0.05, 0) is 42.7 Å². The molecule has 1 aliphatic rings. The van der Waals surface area contributed by atoms with Crippen molar-refractivity contribution in [3.63, 3.8) is 0 Å². The molecule has 3 aromatic carbocycles. The summed E-state index contributed by atoms with van der Waals surface area (Å²) in [6, 6.07) is 24.5. The molecule has 0 radical (unpaired) electrons.